The van der Waals surface area contributed by atoms with Crippen LogP contribution in [0.3, 0.4) is 0 Å². The monoisotopic (exact) mass is 235 g/mol. The van der Waals surface area contributed by atoms with Crippen LogP contribution in [0.5, 0.6) is 0 Å². The van der Waals surface area contributed by atoms with Gasteiger partial charge in [0, 0.05) is 6.08 Å². The van der Waals surface area contributed by atoms with E-state index >= 15 is 0 Å². The number of carbonyl (C=O) groups excluding carboxylic acids is 3. The molecule has 0 saturated carbocycles. The molecule has 88 valence electrons. The summed E-state index contributed by atoms with van der Waals surface area (Å²) in [6.45, 7) is 3.14. The molecule has 0 atom stereocenters. The first kappa shape index (κ1) is 12.6. The normalized spacial score (nSPS) is 9.24. The fourth-order valence-corrected chi connectivity index (χ4v) is 1.09. The predicted molar refractivity (Wildman–Crippen MR) is 56.7 cm³/mol. The quantitative estimate of drug-likeness (QED) is 0.356. The van der Waals surface area contributed by atoms with Gasteiger partial charge in [0.2, 0.25) is 0 Å². The molecule has 0 aromatic heterocycles. The van der Waals surface area contributed by atoms with E-state index in [-0.39, 0.29) is 11.1 Å². The molecule has 0 amide bonds. The first-order chi connectivity index (χ1) is 8.10. The van der Waals surface area contributed by atoms with Crippen LogP contribution >= 0.6 is 0 Å². The van der Waals surface area contributed by atoms with Gasteiger partial charge in [-0.1, -0.05) is 18.7 Å². The van der Waals surface area contributed by atoms with E-state index in [2.05, 4.69) is 16.2 Å². The van der Waals surface area contributed by atoms with Crippen molar-refractivity contribution in [1.82, 2.24) is 0 Å². The van der Waals surface area contributed by atoms with Crippen LogP contribution in [0.2, 0.25) is 0 Å². The summed E-state index contributed by atoms with van der Waals surface area (Å²) in [5.74, 6) is 1.93. The number of hydrogen-bond donors (Lipinski definition) is 1. The van der Waals surface area contributed by atoms with Gasteiger partial charge in [-0.3, -0.25) is 0 Å². The van der Waals surface area contributed by atoms with E-state index in [0.29, 0.717) is 0 Å². The van der Waals surface area contributed by atoms with Crippen molar-refractivity contribution >= 4 is 17.9 Å². The van der Waals surface area contributed by atoms with Gasteiger partial charge in [-0.2, -0.15) is 5.90 Å². The summed E-state index contributed by atoms with van der Waals surface area (Å²) in [5, 5.41) is 0. The fraction of sp³-hybridized carbons (Fsp3) is 0. The van der Waals surface area contributed by atoms with Crippen LogP contribution in [0.4, 0.5) is 0 Å². The minimum Gasteiger partial charge on any atom is -0.386 e. The molecule has 0 saturated heterocycles. The third kappa shape index (κ3) is 2.99. The van der Waals surface area contributed by atoms with Gasteiger partial charge in [0.05, 0.1) is 11.1 Å². The van der Waals surface area contributed by atoms with Gasteiger partial charge in [-0.05, 0) is 12.1 Å². The Bertz CT molecular complexity index is 481. The number of nitrogens with two attached hydrogens (primary N) is 1. The van der Waals surface area contributed by atoms with E-state index in [4.69, 9.17) is 5.90 Å². The molecule has 1 aromatic rings. The predicted octanol–water partition coefficient (Wildman–Crippen LogP) is 0.587. The summed E-state index contributed by atoms with van der Waals surface area (Å²) in [7, 11) is 0. The van der Waals surface area contributed by atoms with Crippen molar-refractivity contribution < 1.29 is 24.0 Å². The minimum absolute atomic E-state index is 0.0862. The molecular weight excluding hydrogens is 226 g/mol. The average Bonchev–Trinajstić information content (AvgIpc) is 2.37. The lowest BCUT2D eigenvalue weighted by molar-refractivity contribution is -0.132. The Morgan fingerprint density at radius 2 is 1.65 bits per heavy atom. The van der Waals surface area contributed by atoms with Gasteiger partial charge in [-0.25, -0.2) is 14.4 Å². The zero-order valence-electron chi connectivity index (χ0n) is 8.71. The Labute approximate surface area is 96.6 Å². The van der Waals surface area contributed by atoms with Crippen molar-refractivity contribution in [2.45, 2.75) is 0 Å². The standard InChI is InChI=1S/C11H9NO5/c1-2-9(13)16-10(14)7-5-3-4-6-8(7)11(15)17-12/h2-6H,1,12H2. The Hall–Kier alpha value is -2.47. The average molecular weight is 235 g/mol. The molecular formula is C11H9NO5. The van der Waals surface area contributed by atoms with Crippen molar-refractivity contribution in [2.75, 3.05) is 0 Å². The third-order valence-electron chi connectivity index (χ3n) is 1.83. The maximum absolute atomic E-state index is 11.5. The molecule has 0 bridgehead atoms. The Balaban J connectivity index is 3.05. The van der Waals surface area contributed by atoms with Gasteiger partial charge in [0.25, 0.3) is 0 Å². The van der Waals surface area contributed by atoms with E-state index in [1.54, 1.807) is 0 Å². The largest absolute Gasteiger partial charge is 0.386 e. The molecule has 0 spiro atoms. The molecule has 1 rings (SSSR count). The summed E-state index contributed by atoms with van der Waals surface area (Å²) >= 11 is 0. The fourth-order valence-electron chi connectivity index (χ4n) is 1.09. The highest BCUT2D eigenvalue weighted by Crippen LogP contribution is 2.11. The highest BCUT2D eigenvalue weighted by atomic mass is 16.7. The second kappa shape index (κ2) is 5.57. The van der Waals surface area contributed by atoms with Crippen LogP contribution in [0, 0.1) is 0 Å². The summed E-state index contributed by atoms with van der Waals surface area (Å²) < 4.78 is 4.38. The number of rotatable bonds is 3. The SMILES string of the molecule is C=CC(=O)OC(=O)c1ccccc1C(=O)ON. The number of ether oxygens (including phenoxy) is 1. The van der Waals surface area contributed by atoms with Gasteiger partial charge in [-0.15, -0.1) is 0 Å². The lowest BCUT2D eigenvalue weighted by Gasteiger charge is -2.05. The Morgan fingerprint density at radius 1 is 1.12 bits per heavy atom. The van der Waals surface area contributed by atoms with Gasteiger partial charge < -0.3 is 9.57 Å². The van der Waals surface area contributed by atoms with Crippen LogP contribution in [-0.2, 0) is 14.4 Å². The molecule has 2 N–H and O–H groups in total. The smallest absolute Gasteiger partial charge is 0.357 e. The first-order valence-electron chi connectivity index (χ1n) is 4.48. The molecule has 0 aliphatic carbocycles. The molecule has 6 nitrogen and oxygen atoms in total. The van der Waals surface area contributed by atoms with Crippen LogP contribution in [0.15, 0.2) is 36.9 Å². The summed E-state index contributed by atoms with van der Waals surface area (Å²) in [6.07, 6.45) is 0.835. The summed E-state index contributed by atoms with van der Waals surface area (Å²) in [6, 6.07) is 5.65. The molecule has 0 aliphatic heterocycles. The molecule has 17 heavy (non-hydrogen) atoms. The van der Waals surface area contributed by atoms with E-state index in [0.717, 1.165) is 6.08 Å². The van der Waals surface area contributed by atoms with E-state index in [9.17, 15) is 14.4 Å². The maximum atomic E-state index is 11.5. The van der Waals surface area contributed by atoms with E-state index in [1.165, 1.54) is 24.3 Å². The molecule has 1 aromatic carbocycles. The van der Waals surface area contributed by atoms with E-state index in [1.807, 2.05) is 0 Å². The number of benzene rings is 1. The summed E-state index contributed by atoms with van der Waals surface area (Å²) in [4.78, 5) is 37.6. The first-order valence-corrected chi connectivity index (χ1v) is 4.48. The van der Waals surface area contributed by atoms with Gasteiger partial charge >= 0.3 is 17.9 Å². The van der Waals surface area contributed by atoms with Crippen LogP contribution in [-0.4, -0.2) is 17.9 Å². The maximum Gasteiger partial charge on any atom is 0.357 e. The van der Waals surface area contributed by atoms with Crippen molar-refractivity contribution in [1.29, 1.82) is 0 Å². The third-order valence-corrected chi connectivity index (χ3v) is 1.83. The van der Waals surface area contributed by atoms with Crippen molar-refractivity contribution in [2.24, 2.45) is 5.90 Å². The summed E-state index contributed by atoms with van der Waals surface area (Å²) in [5.41, 5.74) is -0.199. The molecule has 0 radical (unpaired) electrons. The Kier molecular flexibility index (Phi) is 4.13. The van der Waals surface area contributed by atoms with Crippen molar-refractivity contribution in [3.63, 3.8) is 0 Å². The van der Waals surface area contributed by atoms with Crippen molar-refractivity contribution in [3.05, 3.63) is 48.0 Å². The van der Waals surface area contributed by atoms with Gasteiger partial charge in [0.1, 0.15) is 0 Å². The molecule has 6 heteroatoms. The van der Waals surface area contributed by atoms with Crippen LogP contribution in [0.25, 0.3) is 0 Å². The topological polar surface area (TPSA) is 95.7 Å². The molecule has 0 unspecified atom stereocenters. The lowest BCUT2D eigenvalue weighted by Crippen LogP contribution is -2.17. The van der Waals surface area contributed by atoms with E-state index < -0.39 is 17.9 Å². The number of hydrogen-bond acceptors (Lipinski definition) is 6. The van der Waals surface area contributed by atoms with Crippen molar-refractivity contribution in [3.8, 4) is 0 Å². The second-order valence-electron chi connectivity index (χ2n) is 2.86. The molecule has 0 fully saturated rings. The highest BCUT2D eigenvalue weighted by Gasteiger charge is 2.19. The van der Waals surface area contributed by atoms with Crippen LogP contribution < -0.4 is 5.90 Å². The van der Waals surface area contributed by atoms with Crippen LogP contribution in [0.1, 0.15) is 20.7 Å². The molecule has 0 heterocycles. The highest BCUT2D eigenvalue weighted by molar-refractivity contribution is 6.06. The number of carbonyl (C=O) groups is 3. The zero-order valence-corrected chi connectivity index (χ0v) is 8.71. The van der Waals surface area contributed by atoms with Gasteiger partial charge in [0.15, 0.2) is 0 Å². The minimum atomic E-state index is -0.976. The Morgan fingerprint density at radius 3 is 2.12 bits per heavy atom. The second-order valence-corrected chi connectivity index (χ2v) is 2.86. The molecule has 0 aliphatic rings. The lowest BCUT2D eigenvalue weighted by atomic mass is 10.1. The zero-order chi connectivity index (χ0) is 12.8. The number of esters is 2.